The minimum atomic E-state index is -3.47. The van der Waals surface area contributed by atoms with E-state index in [0.717, 1.165) is 16.7 Å². The molecular formula is C25H23N3O2S. The van der Waals surface area contributed by atoms with Crippen LogP contribution >= 0.6 is 0 Å². The van der Waals surface area contributed by atoms with Crippen LogP contribution in [0, 0.1) is 18.3 Å². The zero-order valence-corrected chi connectivity index (χ0v) is 18.0. The molecule has 0 aliphatic carbocycles. The van der Waals surface area contributed by atoms with Gasteiger partial charge in [-0.15, -0.1) is 0 Å². The Bertz CT molecular complexity index is 1250. The van der Waals surface area contributed by atoms with Crippen LogP contribution in [0.1, 0.15) is 22.6 Å². The fourth-order valence-electron chi connectivity index (χ4n) is 4.68. The molecule has 0 aromatic heterocycles. The Morgan fingerprint density at radius 2 is 1.61 bits per heavy atom. The van der Waals surface area contributed by atoms with E-state index in [9.17, 15) is 8.42 Å². The first-order chi connectivity index (χ1) is 15.0. The number of nitrogens with one attached hydrogen (secondary N) is 1. The van der Waals surface area contributed by atoms with Crippen LogP contribution < -0.4 is 5.32 Å². The van der Waals surface area contributed by atoms with Crippen molar-refractivity contribution >= 4 is 10.0 Å². The summed E-state index contributed by atoms with van der Waals surface area (Å²) in [5.74, 6) is 0.309. The third kappa shape index (κ3) is 3.55. The number of fused-ring (bicyclic) bond motifs is 2. The van der Waals surface area contributed by atoms with E-state index >= 15 is 0 Å². The van der Waals surface area contributed by atoms with Gasteiger partial charge >= 0.3 is 0 Å². The maximum atomic E-state index is 13.0. The summed E-state index contributed by atoms with van der Waals surface area (Å²) in [6, 6.07) is 25.5. The van der Waals surface area contributed by atoms with Gasteiger partial charge in [0.2, 0.25) is 10.0 Å². The third-order valence-electron chi connectivity index (χ3n) is 6.38. The van der Waals surface area contributed by atoms with E-state index < -0.39 is 10.0 Å². The molecule has 3 atom stereocenters. The lowest BCUT2D eigenvalue weighted by Gasteiger charge is -2.54. The van der Waals surface area contributed by atoms with Gasteiger partial charge < -0.3 is 5.32 Å². The minimum Gasteiger partial charge on any atom is -0.307 e. The number of hydrogen-bond acceptors (Lipinski definition) is 4. The molecule has 3 fully saturated rings. The molecule has 0 amide bonds. The molecule has 1 unspecified atom stereocenters. The maximum Gasteiger partial charge on any atom is 0.243 e. The monoisotopic (exact) mass is 429 g/mol. The van der Waals surface area contributed by atoms with Gasteiger partial charge in [0.1, 0.15) is 0 Å². The lowest BCUT2D eigenvalue weighted by Crippen LogP contribution is -2.72. The normalized spacial score (nSPS) is 23.0. The molecule has 2 bridgehead atoms. The number of piperidine rings is 1. The standard InChI is InChI=1S/C25H23N3O2S/c1-17-5-11-22(12-6-17)31(29,30)28-15-23-25(24(16-28)27-23)20-9-7-19(8-10-20)21-4-2-3-18(13-21)14-26/h2-13,23-25,27H,15-16H2,1H3/t23-,24+,25?. The number of piperazine rings is 1. The van der Waals surface area contributed by atoms with Gasteiger partial charge in [0.05, 0.1) is 16.5 Å². The number of rotatable bonds is 4. The van der Waals surface area contributed by atoms with Crippen molar-refractivity contribution < 1.29 is 8.42 Å². The first kappa shape index (κ1) is 20.0. The number of nitrogens with zero attached hydrogens (tertiary/aromatic N) is 2. The molecular weight excluding hydrogens is 406 g/mol. The van der Waals surface area contributed by atoms with Gasteiger partial charge in [0.15, 0.2) is 0 Å². The summed E-state index contributed by atoms with van der Waals surface area (Å²) in [7, 11) is -3.47. The Kier molecular flexibility index (Phi) is 4.90. The summed E-state index contributed by atoms with van der Waals surface area (Å²) >= 11 is 0. The van der Waals surface area contributed by atoms with Crippen LogP contribution in [0.15, 0.2) is 77.7 Å². The molecule has 3 aliphatic heterocycles. The molecule has 1 N–H and O–H groups in total. The molecule has 3 heterocycles. The molecule has 3 aromatic carbocycles. The quantitative estimate of drug-likeness (QED) is 0.687. The molecule has 31 heavy (non-hydrogen) atoms. The zero-order valence-electron chi connectivity index (χ0n) is 17.2. The predicted molar refractivity (Wildman–Crippen MR) is 120 cm³/mol. The van der Waals surface area contributed by atoms with E-state index in [1.165, 1.54) is 5.56 Å². The highest BCUT2D eigenvalue weighted by Gasteiger charge is 2.49. The summed E-state index contributed by atoms with van der Waals surface area (Å²) in [6.07, 6.45) is 0. The Hall–Kier alpha value is -2.98. The molecule has 0 saturated carbocycles. The number of sulfonamides is 1. The Morgan fingerprint density at radius 1 is 0.935 bits per heavy atom. The van der Waals surface area contributed by atoms with Crippen LogP contribution in [0.3, 0.4) is 0 Å². The molecule has 6 heteroatoms. The molecule has 0 spiro atoms. The second-order valence-electron chi connectivity index (χ2n) is 8.36. The van der Waals surface area contributed by atoms with Crippen molar-refractivity contribution in [3.05, 3.63) is 89.5 Å². The number of aryl methyl sites for hydroxylation is 1. The fraction of sp³-hybridized carbons (Fsp3) is 0.240. The fourth-order valence-corrected chi connectivity index (χ4v) is 6.17. The minimum absolute atomic E-state index is 0.117. The number of benzene rings is 3. The van der Waals surface area contributed by atoms with E-state index in [4.69, 9.17) is 5.26 Å². The topological polar surface area (TPSA) is 73.2 Å². The van der Waals surface area contributed by atoms with Gasteiger partial charge in [0, 0.05) is 31.1 Å². The van der Waals surface area contributed by atoms with Crippen LogP contribution in [-0.2, 0) is 10.0 Å². The van der Waals surface area contributed by atoms with Crippen LogP contribution in [0.2, 0.25) is 0 Å². The zero-order chi connectivity index (χ0) is 21.6. The maximum absolute atomic E-state index is 13.0. The lowest BCUT2D eigenvalue weighted by molar-refractivity contribution is 0.102. The molecule has 5 nitrogen and oxygen atoms in total. The Labute approximate surface area is 183 Å². The van der Waals surface area contributed by atoms with Crippen molar-refractivity contribution in [2.45, 2.75) is 29.8 Å². The highest BCUT2D eigenvalue weighted by atomic mass is 32.2. The smallest absolute Gasteiger partial charge is 0.243 e. The van der Waals surface area contributed by atoms with E-state index in [1.54, 1.807) is 22.5 Å². The largest absolute Gasteiger partial charge is 0.307 e. The summed E-state index contributed by atoms with van der Waals surface area (Å²) in [5, 5.41) is 12.6. The first-order valence-corrected chi connectivity index (χ1v) is 11.8. The van der Waals surface area contributed by atoms with Crippen molar-refractivity contribution in [2.24, 2.45) is 0 Å². The Morgan fingerprint density at radius 3 is 2.26 bits per heavy atom. The molecule has 3 aromatic rings. The van der Waals surface area contributed by atoms with Crippen molar-refractivity contribution in [1.29, 1.82) is 5.26 Å². The summed E-state index contributed by atoms with van der Waals surface area (Å²) in [4.78, 5) is 0.361. The number of nitriles is 1. The highest BCUT2D eigenvalue weighted by molar-refractivity contribution is 7.89. The molecule has 0 radical (unpaired) electrons. The van der Waals surface area contributed by atoms with Crippen molar-refractivity contribution in [2.75, 3.05) is 13.1 Å². The summed E-state index contributed by atoms with van der Waals surface area (Å²) in [5.41, 5.74) is 5.01. The van der Waals surface area contributed by atoms with Crippen molar-refractivity contribution in [3.63, 3.8) is 0 Å². The lowest BCUT2D eigenvalue weighted by atomic mass is 9.75. The molecule has 3 saturated heterocycles. The van der Waals surface area contributed by atoms with Gasteiger partial charge in [-0.05, 0) is 47.9 Å². The van der Waals surface area contributed by atoms with Crippen LogP contribution in [0.5, 0.6) is 0 Å². The molecule has 6 rings (SSSR count). The van der Waals surface area contributed by atoms with E-state index in [1.807, 2.05) is 37.3 Å². The van der Waals surface area contributed by atoms with Gasteiger partial charge in [0.25, 0.3) is 0 Å². The third-order valence-corrected chi connectivity index (χ3v) is 8.22. The van der Waals surface area contributed by atoms with Crippen molar-refractivity contribution in [1.82, 2.24) is 9.62 Å². The summed E-state index contributed by atoms with van der Waals surface area (Å²) in [6.45, 7) is 2.90. The van der Waals surface area contributed by atoms with E-state index in [0.29, 0.717) is 29.5 Å². The van der Waals surface area contributed by atoms with Gasteiger partial charge in [-0.25, -0.2) is 8.42 Å². The van der Waals surface area contributed by atoms with Crippen LogP contribution in [-0.4, -0.2) is 37.9 Å². The van der Waals surface area contributed by atoms with E-state index in [-0.39, 0.29) is 12.1 Å². The van der Waals surface area contributed by atoms with E-state index in [2.05, 4.69) is 35.7 Å². The van der Waals surface area contributed by atoms with Crippen molar-refractivity contribution in [3.8, 4) is 17.2 Å². The van der Waals surface area contributed by atoms with Crippen LogP contribution in [0.25, 0.3) is 11.1 Å². The SMILES string of the molecule is Cc1ccc(S(=O)(=O)N2C[C@@H]3N[C@H](C2)C3c2ccc(-c3cccc(C#N)c3)cc2)cc1. The average molecular weight is 430 g/mol. The highest BCUT2D eigenvalue weighted by Crippen LogP contribution is 2.39. The Balaban J connectivity index is 1.32. The van der Waals surface area contributed by atoms with Gasteiger partial charge in [-0.1, -0.05) is 54.1 Å². The second-order valence-corrected chi connectivity index (χ2v) is 10.3. The number of hydrogen-bond donors (Lipinski definition) is 1. The average Bonchev–Trinajstić information content (AvgIpc) is 2.80. The van der Waals surface area contributed by atoms with Crippen LogP contribution in [0.4, 0.5) is 0 Å². The summed E-state index contributed by atoms with van der Waals surface area (Å²) < 4.78 is 27.7. The van der Waals surface area contributed by atoms with Gasteiger partial charge in [-0.3, -0.25) is 0 Å². The van der Waals surface area contributed by atoms with Gasteiger partial charge in [-0.2, -0.15) is 9.57 Å². The first-order valence-electron chi connectivity index (χ1n) is 10.4. The predicted octanol–water partition coefficient (Wildman–Crippen LogP) is 3.66. The molecule has 3 aliphatic rings. The molecule has 156 valence electrons. The second kappa shape index (κ2) is 7.61.